The zero-order valence-corrected chi connectivity index (χ0v) is 18.7. The predicted molar refractivity (Wildman–Crippen MR) is 122 cm³/mol. The van der Waals surface area contributed by atoms with Gasteiger partial charge in [0.25, 0.3) is 0 Å². The molecular formula is C23H23N5O3S. The van der Waals surface area contributed by atoms with Gasteiger partial charge in [-0.1, -0.05) is 42.1 Å². The van der Waals surface area contributed by atoms with Gasteiger partial charge in [-0.2, -0.15) is 5.10 Å². The molecule has 0 N–H and O–H groups in total. The Bertz CT molecular complexity index is 1140. The number of hydrogen-bond acceptors (Lipinski definition) is 7. The number of methoxy groups -OCH3 is 1. The fourth-order valence-electron chi connectivity index (χ4n) is 3.35. The lowest BCUT2D eigenvalue weighted by Gasteiger charge is -2.23. The summed E-state index contributed by atoms with van der Waals surface area (Å²) in [4.78, 5) is 24.1. The molecule has 3 aromatic rings. The van der Waals surface area contributed by atoms with Gasteiger partial charge in [0.15, 0.2) is 11.0 Å². The Kier molecular flexibility index (Phi) is 6.65. The summed E-state index contributed by atoms with van der Waals surface area (Å²) in [5, 5.41) is 15.3. The maximum Gasteiger partial charge on any atom is 0.243 e. The molecular weight excluding hydrogens is 426 g/mol. The lowest BCUT2D eigenvalue weighted by molar-refractivity contribution is -0.132. The molecule has 0 saturated carbocycles. The van der Waals surface area contributed by atoms with Gasteiger partial charge in [-0.15, -0.1) is 10.2 Å². The number of thioether (sulfide) groups is 1. The van der Waals surface area contributed by atoms with Crippen molar-refractivity contribution in [1.29, 1.82) is 0 Å². The van der Waals surface area contributed by atoms with Crippen LogP contribution in [-0.4, -0.2) is 50.0 Å². The van der Waals surface area contributed by atoms with Gasteiger partial charge in [0.2, 0.25) is 5.91 Å². The number of benzene rings is 2. The number of nitrogens with zero attached hydrogens (tertiary/aromatic N) is 5. The van der Waals surface area contributed by atoms with Crippen LogP contribution in [0.1, 0.15) is 31.2 Å². The van der Waals surface area contributed by atoms with Crippen molar-refractivity contribution < 1.29 is 14.3 Å². The van der Waals surface area contributed by atoms with Gasteiger partial charge in [0.05, 0.1) is 18.6 Å². The number of rotatable bonds is 8. The molecule has 9 heteroatoms. The second-order valence-corrected chi connectivity index (χ2v) is 8.23. The summed E-state index contributed by atoms with van der Waals surface area (Å²) in [6.07, 6.45) is 0.987. The Balaban J connectivity index is 1.67. The molecule has 1 aromatic heterocycles. The molecule has 1 aliphatic heterocycles. The highest BCUT2D eigenvalue weighted by molar-refractivity contribution is 7.99. The van der Waals surface area contributed by atoms with E-state index in [0.29, 0.717) is 23.8 Å². The van der Waals surface area contributed by atoms with Crippen LogP contribution in [0.4, 0.5) is 0 Å². The monoisotopic (exact) mass is 449 g/mol. The van der Waals surface area contributed by atoms with Crippen LogP contribution in [0.5, 0.6) is 5.75 Å². The number of carbonyl (C=O) groups is 2. The first-order valence-electron chi connectivity index (χ1n) is 10.2. The quantitative estimate of drug-likeness (QED) is 0.489. The van der Waals surface area contributed by atoms with Crippen molar-refractivity contribution in [1.82, 2.24) is 19.8 Å². The van der Waals surface area contributed by atoms with Gasteiger partial charge >= 0.3 is 0 Å². The normalized spacial score (nSPS) is 13.8. The molecule has 2 heterocycles. The average molecular weight is 450 g/mol. The Morgan fingerprint density at radius 2 is 1.81 bits per heavy atom. The van der Waals surface area contributed by atoms with Gasteiger partial charge in [-0.25, -0.2) is 5.01 Å². The van der Waals surface area contributed by atoms with E-state index in [1.54, 1.807) is 7.11 Å². The van der Waals surface area contributed by atoms with E-state index in [-0.39, 0.29) is 24.0 Å². The number of amides is 1. The van der Waals surface area contributed by atoms with E-state index in [9.17, 15) is 9.59 Å². The highest BCUT2D eigenvalue weighted by atomic mass is 32.2. The Labute approximate surface area is 190 Å². The van der Waals surface area contributed by atoms with Crippen molar-refractivity contribution in [3.05, 3.63) is 66.0 Å². The smallest absolute Gasteiger partial charge is 0.243 e. The third-order valence-corrected chi connectivity index (χ3v) is 6.01. The number of hydrogen-bond donors (Lipinski definition) is 0. The average Bonchev–Trinajstić information content (AvgIpc) is 3.22. The second-order valence-electron chi connectivity index (χ2n) is 7.29. The number of carbonyl (C=O) groups excluding carboxylic acids is 2. The largest absolute Gasteiger partial charge is 0.497 e. The van der Waals surface area contributed by atoms with Crippen LogP contribution >= 0.6 is 11.8 Å². The summed E-state index contributed by atoms with van der Waals surface area (Å²) in [5.74, 6) is 1.56. The van der Waals surface area contributed by atoms with Crippen molar-refractivity contribution in [3.63, 3.8) is 0 Å². The van der Waals surface area contributed by atoms with E-state index in [2.05, 4.69) is 15.3 Å². The third-order valence-electron chi connectivity index (χ3n) is 4.94. The molecule has 0 unspecified atom stereocenters. The van der Waals surface area contributed by atoms with Crippen molar-refractivity contribution in [2.45, 2.75) is 31.5 Å². The Morgan fingerprint density at radius 1 is 1.06 bits per heavy atom. The van der Waals surface area contributed by atoms with Crippen LogP contribution in [0.15, 0.2) is 64.9 Å². The molecule has 0 saturated heterocycles. The summed E-state index contributed by atoms with van der Waals surface area (Å²) in [6, 6.07) is 17.3. The van der Waals surface area contributed by atoms with Crippen LogP contribution in [0.25, 0.3) is 5.69 Å². The van der Waals surface area contributed by atoms with Gasteiger partial charge in [0.1, 0.15) is 18.1 Å². The van der Waals surface area contributed by atoms with Crippen LogP contribution < -0.4 is 4.74 Å². The number of ketones is 1. The first-order chi connectivity index (χ1) is 15.5. The fourth-order valence-corrected chi connectivity index (χ4v) is 4.12. The van der Waals surface area contributed by atoms with Gasteiger partial charge in [0, 0.05) is 18.5 Å². The molecule has 0 spiro atoms. The van der Waals surface area contributed by atoms with E-state index in [4.69, 9.17) is 4.74 Å². The Hall–Kier alpha value is -3.46. The molecule has 8 nitrogen and oxygen atoms in total. The standard InChI is InChI=1S/C23H23N5O3S/c1-16(29)15-32-23-25-24-21(28(23)18-8-10-19(31-2)11-9-18)14-27-22(30)13-12-20(26-27)17-6-4-3-5-7-17/h3-11H,12-15H2,1-2H3. The molecule has 1 aliphatic rings. The minimum Gasteiger partial charge on any atom is -0.497 e. The first-order valence-corrected chi connectivity index (χ1v) is 11.2. The maximum atomic E-state index is 12.6. The summed E-state index contributed by atoms with van der Waals surface area (Å²) in [7, 11) is 1.61. The van der Waals surface area contributed by atoms with Crippen LogP contribution in [0.3, 0.4) is 0 Å². The van der Waals surface area contributed by atoms with Crippen molar-refractivity contribution in [2.24, 2.45) is 5.10 Å². The van der Waals surface area contributed by atoms with Crippen molar-refractivity contribution in [3.8, 4) is 11.4 Å². The van der Waals surface area contributed by atoms with Gasteiger partial charge in [-0.3, -0.25) is 14.2 Å². The molecule has 4 rings (SSSR count). The lowest BCUT2D eigenvalue weighted by atomic mass is 10.0. The lowest BCUT2D eigenvalue weighted by Crippen LogP contribution is -2.32. The van der Waals surface area contributed by atoms with E-state index in [1.165, 1.54) is 23.7 Å². The molecule has 164 valence electrons. The maximum absolute atomic E-state index is 12.6. The predicted octanol–water partition coefficient (Wildman–Crippen LogP) is 3.48. The topological polar surface area (TPSA) is 89.7 Å². The third kappa shape index (κ3) is 4.88. The zero-order valence-electron chi connectivity index (χ0n) is 17.9. The van der Waals surface area contributed by atoms with Crippen LogP contribution in [0, 0.1) is 0 Å². The van der Waals surface area contributed by atoms with E-state index < -0.39 is 0 Å². The number of hydrazone groups is 1. The molecule has 0 aliphatic carbocycles. The zero-order chi connectivity index (χ0) is 22.5. The minimum absolute atomic E-state index is 0.0455. The molecule has 1 amide bonds. The SMILES string of the molecule is COc1ccc(-n2c(CN3N=C(c4ccccc4)CCC3=O)nnc2SCC(C)=O)cc1. The van der Waals surface area contributed by atoms with Gasteiger partial charge in [-0.05, 0) is 36.8 Å². The van der Waals surface area contributed by atoms with Crippen molar-refractivity contribution >= 4 is 29.2 Å². The van der Waals surface area contributed by atoms with Crippen molar-refractivity contribution in [2.75, 3.05) is 12.9 Å². The summed E-state index contributed by atoms with van der Waals surface area (Å²) >= 11 is 1.31. The molecule has 2 aromatic carbocycles. The van der Waals surface area contributed by atoms with E-state index in [1.807, 2.05) is 59.2 Å². The van der Waals surface area contributed by atoms with Crippen LogP contribution in [0.2, 0.25) is 0 Å². The summed E-state index contributed by atoms with van der Waals surface area (Å²) in [5.41, 5.74) is 2.68. The molecule has 0 radical (unpaired) electrons. The number of ether oxygens (including phenoxy) is 1. The number of aromatic nitrogens is 3. The van der Waals surface area contributed by atoms with Crippen LogP contribution in [-0.2, 0) is 16.1 Å². The minimum atomic E-state index is -0.0631. The van der Waals surface area contributed by atoms with E-state index in [0.717, 1.165) is 22.7 Å². The van der Waals surface area contributed by atoms with E-state index >= 15 is 0 Å². The molecule has 0 atom stereocenters. The van der Waals surface area contributed by atoms with Gasteiger partial charge < -0.3 is 4.74 Å². The highest BCUT2D eigenvalue weighted by Gasteiger charge is 2.25. The highest BCUT2D eigenvalue weighted by Crippen LogP contribution is 2.25. The fraction of sp³-hybridized carbons (Fsp3) is 0.261. The number of Topliss-reactive ketones (excluding diaryl/α,β-unsaturated/α-hetero) is 1. The second kappa shape index (κ2) is 9.78. The molecule has 32 heavy (non-hydrogen) atoms. The first kappa shape index (κ1) is 21.8. The molecule has 0 fully saturated rings. The summed E-state index contributed by atoms with van der Waals surface area (Å²) in [6.45, 7) is 1.71. The Morgan fingerprint density at radius 3 is 2.50 bits per heavy atom. The summed E-state index contributed by atoms with van der Waals surface area (Å²) < 4.78 is 7.11. The molecule has 0 bridgehead atoms.